The Morgan fingerprint density at radius 2 is 1.91 bits per heavy atom. The number of halogens is 2. The summed E-state index contributed by atoms with van der Waals surface area (Å²) >= 11 is 12.2. The molecule has 118 valence electrons. The normalized spacial score (nSPS) is 11.1. The molecule has 0 spiro atoms. The van der Waals surface area contributed by atoms with Crippen LogP contribution in [0.3, 0.4) is 0 Å². The van der Waals surface area contributed by atoms with Gasteiger partial charge >= 0.3 is 0 Å². The van der Waals surface area contributed by atoms with E-state index in [1.807, 2.05) is 13.8 Å². The van der Waals surface area contributed by atoms with Crippen molar-refractivity contribution in [3.63, 3.8) is 0 Å². The smallest absolute Gasteiger partial charge is 0.260 e. The summed E-state index contributed by atoms with van der Waals surface area (Å²) in [5, 5.41) is 1.70. The van der Waals surface area contributed by atoms with E-state index in [2.05, 4.69) is 9.97 Å². The topological polar surface area (TPSA) is 73.8 Å². The van der Waals surface area contributed by atoms with Crippen molar-refractivity contribution in [2.45, 2.75) is 20.4 Å². The van der Waals surface area contributed by atoms with Gasteiger partial charge in [0.05, 0.1) is 10.7 Å². The molecular weight excluding hydrogens is 335 g/mol. The number of pyridine rings is 1. The second-order valence-electron chi connectivity index (χ2n) is 5.14. The fourth-order valence-electron chi connectivity index (χ4n) is 2.60. The van der Waals surface area contributed by atoms with Gasteiger partial charge < -0.3 is 5.73 Å². The fourth-order valence-corrected chi connectivity index (χ4v) is 3.11. The molecule has 0 radical (unpaired) electrons. The van der Waals surface area contributed by atoms with Gasteiger partial charge in [-0.15, -0.1) is 0 Å². The fraction of sp³-hybridized carbons (Fsp3) is 0.188. The van der Waals surface area contributed by atoms with Gasteiger partial charge in [0.2, 0.25) is 5.95 Å². The standard InChI is InChI=1S/C16H14Cl2N4O/c1-3-22-14-11(8(2)20-16(19)21-14)7-12(15(22)23)10-5-4-9(17)6-13(10)18/h4-7H,3H2,1-2H3,(H2,19,20,21). The first-order valence-electron chi connectivity index (χ1n) is 7.05. The number of hydrogen-bond donors (Lipinski definition) is 1. The van der Waals surface area contributed by atoms with Crippen molar-refractivity contribution in [2.75, 3.05) is 5.73 Å². The van der Waals surface area contributed by atoms with E-state index in [4.69, 9.17) is 28.9 Å². The number of fused-ring (bicyclic) bond motifs is 1. The molecule has 0 aliphatic carbocycles. The zero-order valence-electron chi connectivity index (χ0n) is 12.6. The van der Waals surface area contributed by atoms with Crippen LogP contribution in [0.1, 0.15) is 12.6 Å². The van der Waals surface area contributed by atoms with E-state index in [0.29, 0.717) is 39.1 Å². The average Bonchev–Trinajstić information content (AvgIpc) is 2.47. The summed E-state index contributed by atoms with van der Waals surface area (Å²) in [6.45, 7) is 4.17. The first-order valence-corrected chi connectivity index (χ1v) is 7.81. The van der Waals surface area contributed by atoms with Crippen molar-refractivity contribution in [1.29, 1.82) is 0 Å². The molecule has 0 unspecified atom stereocenters. The zero-order valence-corrected chi connectivity index (χ0v) is 14.1. The van der Waals surface area contributed by atoms with Crippen LogP contribution in [0.4, 0.5) is 5.95 Å². The largest absolute Gasteiger partial charge is 0.368 e. The van der Waals surface area contributed by atoms with E-state index >= 15 is 0 Å². The number of anilines is 1. The Hall–Kier alpha value is -2.11. The van der Waals surface area contributed by atoms with E-state index in [0.717, 1.165) is 5.39 Å². The minimum atomic E-state index is -0.179. The maximum Gasteiger partial charge on any atom is 0.260 e. The molecular formula is C16H14Cl2N4O. The lowest BCUT2D eigenvalue weighted by Gasteiger charge is -2.13. The van der Waals surface area contributed by atoms with Crippen LogP contribution in [0, 0.1) is 6.92 Å². The number of benzene rings is 1. The van der Waals surface area contributed by atoms with Gasteiger partial charge in [-0.2, -0.15) is 4.98 Å². The number of aryl methyl sites for hydroxylation is 2. The van der Waals surface area contributed by atoms with E-state index in [9.17, 15) is 4.79 Å². The molecule has 3 rings (SSSR count). The van der Waals surface area contributed by atoms with Crippen LogP contribution in [0.5, 0.6) is 0 Å². The molecule has 5 nitrogen and oxygen atoms in total. The molecule has 0 saturated carbocycles. The summed E-state index contributed by atoms with van der Waals surface area (Å²) in [6.07, 6.45) is 0. The van der Waals surface area contributed by atoms with Gasteiger partial charge in [0, 0.05) is 28.1 Å². The number of aromatic nitrogens is 3. The summed E-state index contributed by atoms with van der Waals surface area (Å²) < 4.78 is 1.57. The van der Waals surface area contributed by atoms with E-state index < -0.39 is 0 Å². The first-order chi connectivity index (χ1) is 10.9. The Balaban J connectivity index is 2.43. The Bertz CT molecular complexity index is 982. The lowest BCUT2D eigenvalue weighted by molar-refractivity contribution is 0.750. The molecule has 0 saturated heterocycles. The number of nitrogen functional groups attached to an aromatic ring is 1. The van der Waals surface area contributed by atoms with Gasteiger partial charge in [0.15, 0.2) is 0 Å². The lowest BCUT2D eigenvalue weighted by atomic mass is 10.1. The quantitative estimate of drug-likeness (QED) is 0.766. The van der Waals surface area contributed by atoms with Crippen molar-refractivity contribution >= 4 is 40.2 Å². The van der Waals surface area contributed by atoms with Crippen molar-refractivity contribution in [1.82, 2.24) is 14.5 Å². The summed E-state index contributed by atoms with van der Waals surface area (Å²) in [4.78, 5) is 21.2. The molecule has 0 bridgehead atoms. The highest BCUT2D eigenvalue weighted by atomic mass is 35.5. The number of nitrogens with zero attached hydrogens (tertiary/aromatic N) is 3. The number of nitrogens with two attached hydrogens (primary N) is 1. The monoisotopic (exact) mass is 348 g/mol. The minimum Gasteiger partial charge on any atom is -0.368 e. The van der Waals surface area contributed by atoms with Crippen LogP contribution >= 0.6 is 23.2 Å². The molecule has 0 amide bonds. The summed E-state index contributed by atoms with van der Waals surface area (Å²) in [7, 11) is 0. The number of hydrogen-bond acceptors (Lipinski definition) is 4. The van der Waals surface area contributed by atoms with Gasteiger partial charge in [-0.1, -0.05) is 29.3 Å². The van der Waals surface area contributed by atoms with Crippen molar-refractivity contribution < 1.29 is 0 Å². The summed E-state index contributed by atoms with van der Waals surface area (Å²) in [5.74, 6) is 0.147. The SMILES string of the molecule is CCn1c(=O)c(-c2ccc(Cl)cc2Cl)cc2c(C)nc(N)nc21. The summed E-state index contributed by atoms with van der Waals surface area (Å²) in [6, 6.07) is 6.81. The van der Waals surface area contributed by atoms with Crippen LogP contribution in [0.25, 0.3) is 22.2 Å². The molecule has 23 heavy (non-hydrogen) atoms. The van der Waals surface area contributed by atoms with Crippen molar-refractivity contribution in [3.8, 4) is 11.1 Å². The second-order valence-corrected chi connectivity index (χ2v) is 5.98. The highest BCUT2D eigenvalue weighted by molar-refractivity contribution is 6.36. The molecule has 2 heterocycles. The molecule has 2 N–H and O–H groups in total. The second kappa shape index (κ2) is 5.83. The molecule has 7 heteroatoms. The van der Waals surface area contributed by atoms with Gasteiger partial charge in [-0.25, -0.2) is 4.98 Å². The highest BCUT2D eigenvalue weighted by Crippen LogP contribution is 2.30. The third-order valence-corrected chi connectivity index (χ3v) is 4.24. The predicted octanol–water partition coefficient (Wildman–Crippen LogP) is 3.68. The highest BCUT2D eigenvalue weighted by Gasteiger charge is 2.16. The lowest BCUT2D eigenvalue weighted by Crippen LogP contribution is -2.23. The maximum absolute atomic E-state index is 12.8. The molecule has 1 aromatic carbocycles. The molecule has 0 fully saturated rings. The van der Waals surface area contributed by atoms with Crippen molar-refractivity contribution in [2.24, 2.45) is 0 Å². The Kier molecular flexibility index (Phi) is 4.00. The van der Waals surface area contributed by atoms with E-state index in [1.165, 1.54) is 0 Å². The third-order valence-electron chi connectivity index (χ3n) is 3.69. The Labute approximate surface area is 142 Å². The van der Waals surface area contributed by atoms with Crippen LogP contribution < -0.4 is 11.3 Å². The van der Waals surface area contributed by atoms with Gasteiger partial charge in [-0.3, -0.25) is 9.36 Å². The van der Waals surface area contributed by atoms with Crippen molar-refractivity contribution in [3.05, 3.63) is 50.4 Å². The van der Waals surface area contributed by atoms with Crippen LogP contribution in [-0.2, 0) is 6.54 Å². The molecule has 0 aliphatic heterocycles. The average molecular weight is 349 g/mol. The molecule has 0 atom stereocenters. The molecule has 0 aliphatic rings. The zero-order chi connectivity index (χ0) is 16.7. The minimum absolute atomic E-state index is 0.147. The predicted molar refractivity (Wildman–Crippen MR) is 94.1 cm³/mol. The maximum atomic E-state index is 12.8. The Morgan fingerprint density at radius 3 is 2.57 bits per heavy atom. The molecule has 3 aromatic rings. The van der Waals surface area contributed by atoms with Crippen LogP contribution in [0.15, 0.2) is 29.1 Å². The van der Waals surface area contributed by atoms with Gasteiger partial charge in [0.1, 0.15) is 5.65 Å². The molecule has 2 aromatic heterocycles. The van der Waals surface area contributed by atoms with E-state index in [-0.39, 0.29) is 11.5 Å². The Morgan fingerprint density at radius 1 is 1.17 bits per heavy atom. The third kappa shape index (κ3) is 2.66. The van der Waals surface area contributed by atoms with Crippen LogP contribution in [0.2, 0.25) is 10.0 Å². The number of rotatable bonds is 2. The van der Waals surface area contributed by atoms with E-state index in [1.54, 1.807) is 28.8 Å². The first kappa shape index (κ1) is 15.8. The van der Waals surface area contributed by atoms with Gasteiger partial charge in [-0.05, 0) is 32.0 Å². The van der Waals surface area contributed by atoms with Gasteiger partial charge in [0.25, 0.3) is 5.56 Å². The summed E-state index contributed by atoms with van der Waals surface area (Å²) in [5.41, 5.74) is 7.88. The van der Waals surface area contributed by atoms with Crippen LogP contribution in [-0.4, -0.2) is 14.5 Å².